The van der Waals surface area contributed by atoms with Crippen molar-refractivity contribution < 1.29 is 0 Å². The van der Waals surface area contributed by atoms with Crippen molar-refractivity contribution in [2.75, 3.05) is 13.6 Å². The smallest absolute Gasteiger partial charge is 0.00949 e. The molecule has 1 heteroatoms. The molecule has 0 rings (SSSR count). The van der Waals surface area contributed by atoms with E-state index in [0.717, 1.165) is 19.4 Å². The fourth-order valence-corrected chi connectivity index (χ4v) is 2.15. The van der Waals surface area contributed by atoms with E-state index in [1.54, 1.807) is 0 Å². The van der Waals surface area contributed by atoms with Crippen molar-refractivity contribution in [1.29, 1.82) is 0 Å². The van der Waals surface area contributed by atoms with E-state index in [1.807, 2.05) is 25.3 Å². The van der Waals surface area contributed by atoms with E-state index in [-0.39, 0.29) is 0 Å². The van der Waals surface area contributed by atoms with Crippen LogP contribution in [0.2, 0.25) is 0 Å². The van der Waals surface area contributed by atoms with Crippen molar-refractivity contribution in [3.8, 4) is 0 Å². The predicted octanol–water partition coefficient (Wildman–Crippen LogP) is 4.98. The van der Waals surface area contributed by atoms with Gasteiger partial charge in [0.2, 0.25) is 0 Å². The second-order valence-electron chi connectivity index (χ2n) is 4.56. The van der Waals surface area contributed by atoms with E-state index >= 15 is 0 Å². The highest BCUT2D eigenvalue weighted by Gasteiger charge is 2.14. The Morgan fingerprint density at radius 2 is 1.90 bits per heavy atom. The molecule has 0 saturated heterocycles. The van der Waals surface area contributed by atoms with Crippen molar-refractivity contribution in [3.63, 3.8) is 0 Å². The third kappa shape index (κ3) is 7.10. The van der Waals surface area contributed by atoms with Gasteiger partial charge in [-0.15, -0.1) is 6.58 Å². The molecule has 0 amide bonds. The third-order valence-corrected chi connectivity index (χ3v) is 3.13. The summed E-state index contributed by atoms with van der Waals surface area (Å²) in [4.78, 5) is 0. The molecule has 0 aliphatic rings. The number of hydrogen-bond donors (Lipinski definition) is 1. The Balaban J connectivity index is 5.40. The number of hydrogen-bond acceptors (Lipinski definition) is 1. The van der Waals surface area contributed by atoms with Crippen LogP contribution in [0, 0.1) is 5.92 Å². The molecule has 0 aromatic heterocycles. The fraction of sp³-hybridized carbons (Fsp3) is 0.368. The highest BCUT2D eigenvalue weighted by Crippen LogP contribution is 2.26. The molecule has 0 bridgehead atoms. The van der Waals surface area contributed by atoms with Crippen LogP contribution in [0.15, 0.2) is 72.9 Å². The maximum absolute atomic E-state index is 3.81. The van der Waals surface area contributed by atoms with Gasteiger partial charge in [-0.05, 0) is 51.4 Å². The molecule has 1 nitrogen and oxygen atoms in total. The molecule has 0 aliphatic carbocycles. The molecule has 0 heterocycles. The monoisotopic (exact) mass is 271 g/mol. The highest BCUT2D eigenvalue weighted by atomic mass is 14.8. The lowest BCUT2D eigenvalue weighted by Crippen LogP contribution is -2.15. The summed E-state index contributed by atoms with van der Waals surface area (Å²) >= 11 is 0. The van der Waals surface area contributed by atoms with E-state index in [4.69, 9.17) is 0 Å². The van der Waals surface area contributed by atoms with Crippen LogP contribution in [0.4, 0.5) is 0 Å². The zero-order valence-electron chi connectivity index (χ0n) is 13.2. The first-order valence-electron chi connectivity index (χ1n) is 7.28. The average molecular weight is 271 g/mol. The summed E-state index contributed by atoms with van der Waals surface area (Å²) in [7, 11) is 1.99. The van der Waals surface area contributed by atoms with Crippen molar-refractivity contribution in [3.05, 3.63) is 72.9 Å². The lowest BCUT2D eigenvalue weighted by molar-refractivity contribution is 0.621. The standard InChI is InChI=1S/C19H29N/c1-6-10-13-17(9-4)19(15-16-20-5)18(12-8-3)14-11-7-2/h6-10,12-14,19-20H,1-2,11,15-16H2,3-5H3/b12-8-,13-10-,17-9+,18-14?. The van der Waals surface area contributed by atoms with Crippen molar-refractivity contribution in [1.82, 2.24) is 5.32 Å². The van der Waals surface area contributed by atoms with E-state index in [9.17, 15) is 0 Å². The highest BCUT2D eigenvalue weighted by molar-refractivity contribution is 5.36. The van der Waals surface area contributed by atoms with Gasteiger partial charge in [0.25, 0.3) is 0 Å². The molecule has 0 spiro atoms. The van der Waals surface area contributed by atoms with E-state index in [2.05, 4.69) is 62.7 Å². The van der Waals surface area contributed by atoms with Gasteiger partial charge in [-0.3, -0.25) is 0 Å². The summed E-state index contributed by atoms with van der Waals surface area (Å²) in [5.41, 5.74) is 2.68. The fourth-order valence-electron chi connectivity index (χ4n) is 2.15. The SMILES string of the molecule is C=C/C=C\C(=C/C)C(CCNC)C(=CCC=C)/C=C\C. The maximum Gasteiger partial charge on any atom is 0.00949 e. The van der Waals surface area contributed by atoms with Crippen molar-refractivity contribution in [2.45, 2.75) is 26.7 Å². The van der Waals surface area contributed by atoms with Gasteiger partial charge in [-0.2, -0.15) is 0 Å². The summed E-state index contributed by atoms with van der Waals surface area (Å²) in [6.07, 6.45) is 18.6. The van der Waals surface area contributed by atoms with Crippen molar-refractivity contribution >= 4 is 0 Å². The normalized spacial score (nSPS) is 14.9. The molecule has 0 aliphatic heterocycles. The van der Waals surface area contributed by atoms with Gasteiger partial charge in [0.1, 0.15) is 0 Å². The molecule has 0 radical (unpaired) electrons. The molecule has 20 heavy (non-hydrogen) atoms. The van der Waals surface area contributed by atoms with Gasteiger partial charge in [-0.25, -0.2) is 0 Å². The van der Waals surface area contributed by atoms with Gasteiger partial charge >= 0.3 is 0 Å². The first-order valence-corrected chi connectivity index (χ1v) is 7.28. The molecule has 0 aromatic rings. The predicted molar refractivity (Wildman–Crippen MR) is 92.8 cm³/mol. The minimum atomic E-state index is 0.403. The van der Waals surface area contributed by atoms with Crippen LogP contribution in [-0.2, 0) is 0 Å². The summed E-state index contributed by atoms with van der Waals surface area (Å²) in [5.74, 6) is 0.403. The van der Waals surface area contributed by atoms with E-state index in [1.165, 1.54) is 11.1 Å². The Kier molecular flexibility index (Phi) is 11.4. The minimum Gasteiger partial charge on any atom is -0.320 e. The lowest BCUT2D eigenvalue weighted by atomic mass is 9.86. The third-order valence-electron chi connectivity index (χ3n) is 3.13. The Labute approximate surface area is 125 Å². The van der Waals surface area contributed by atoms with Crippen LogP contribution in [0.3, 0.4) is 0 Å². The minimum absolute atomic E-state index is 0.403. The number of allylic oxidation sites excluding steroid dienone is 10. The van der Waals surface area contributed by atoms with E-state index < -0.39 is 0 Å². The van der Waals surface area contributed by atoms with Crippen LogP contribution in [-0.4, -0.2) is 13.6 Å². The van der Waals surface area contributed by atoms with E-state index in [0.29, 0.717) is 5.92 Å². The molecule has 0 saturated carbocycles. The molecule has 110 valence electrons. The number of nitrogens with one attached hydrogen (secondary N) is 1. The molecule has 0 fully saturated rings. The van der Waals surface area contributed by atoms with Gasteiger partial charge in [0, 0.05) is 5.92 Å². The van der Waals surface area contributed by atoms with Crippen LogP contribution >= 0.6 is 0 Å². The van der Waals surface area contributed by atoms with Crippen LogP contribution in [0.5, 0.6) is 0 Å². The van der Waals surface area contributed by atoms with Gasteiger partial charge in [-0.1, -0.05) is 55.2 Å². The van der Waals surface area contributed by atoms with Gasteiger partial charge in [0.05, 0.1) is 0 Å². The molecule has 1 N–H and O–H groups in total. The lowest BCUT2D eigenvalue weighted by Gasteiger charge is -2.20. The number of rotatable bonds is 10. The molecule has 0 aromatic carbocycles. The average Bonchev–Trinajstić information content (AvgIpc) is 2.47. The topological polar surface area (TPSA) is 12.0 Å². The van der Waals surface area contributed by atoms with Crippen LogP contribution < -0.4 is 5.32 Å². The Hall–Kier alpha value is -1.60. The Morgan fingerprint density at radius 1 is 1.15 bits per heavy atom. The molecular formula is C19H29N. The molecule has 1 unspecified atom stereocenters. The summed E-state index contributed by atoms with van der Waals surface area (Å²) < 4.78 is 0. The molecule has 1 atom stereocenters. The van der Waals surface area contributed by atoms with Crippen molar-refractivity contribution in [2.24, 2.45) is 5.92 Å². The summed E-state index contributed by atoms with van der Waals surface area (Å²) in [5, 5.41) is 3.24. The van der Waals surface area contributed by atoms with Crippen LogP contribution in [0.1, 0.15) is 26.7 Å². The second kappa shape index (κ2) is 12.4. The largest absolute Gasteiger partial charge is 0.320 e. The Bertz CT molecular complexity index is 394. The van der Waals surface area contributed by atoms with Gasteiger partial charge < -0.3 is 5.32 Å². The summed E-state index contributed by atoms with van der Waals surface area (Å²) in [6.45, 7) is 12.7. The first kappa shape index (κ1) is 18.4. The van der Waals surface area contributed by atoms with Crippen LogP contribution in [0.25, 0.3) is 0 Å². The van der Waals surface area contributed by atoms with Gasteiger partial charge in [0.15, 0.2) is 0 Å². The summed E-state index contributed by atoms with van der Waals surface area (Å²) in [6, 6.07) is 0. The zero-order chi connectivity index (χ0) is 15.2. The first-order chi connectivity index (χ1) is 9.74. The molecular weight excluding hydrogens is 242 g/mol. The quantitative estimate of drug-likeness (QED) is 0.436. The zero-order valence-corrected chi connectivity index (χ0v) is 13.2. The Morgan fingerprint density at radius 3 is 2.40 bits per heavy atom. The second-order valence-corrected chi connectivity index (χ2v) is 4.56. The maximum atomic E-state index is 3.81.